The molecule has 13 heteroatoms. The molecule has 35 heavy (non-hydrogen) atoms. The van der Waals surface area contributed by atoms with Crippen LogP contribution in [-0.4, -0.2) is 98.8 Å². The highest BCUT2D eigenvalue weighted by Crippen LogP contribution is 2.40. The molecule has 0 spiro atoms. The van der Waals surface area contributed by atoms with Gasteiger partial charge in [-0.15, -0.1) is 0 Å². The second-order valence-corrected chi connectivity index (χ2v) is 7.55. The minimum Gasteiger partial charge on any atom is -0.504 e. The number of ketones is 2. The molecule has 1 fully saturated rings. The highest BCUT2D eigenvalue weighted by atomic mass is 16.7. The lowest BCUT2D eigenvalue weighted by atomic mass is 9.99. The third-order valence-electron chi connectivity index (χ3n) is 5.32. The fraction of sp³-hybridized carbons (Fsp3) is 0.364. The molecule has 0 saturated carbocycles. The van der Waals surface area contributed by atoms with Gasteiger partial charge in [0.05, 0.1) is 20.8 Å². The molecule has 7 N–H and O–H groups in total. The van der Waals surface area contributed by atoms with Crippen LogP contribution in [0, 0.1) is 0 Å². The van der Waals surface area contributed by atoms with Crippen LogP contribution < -0.4 is 14.2 Å². The standard InChI is InChI=1S/C22H24O13/c1-32-20-10(24)3-8(4-11(20)25)15(27)16(28)9-5-12(26)21(33-2)13(6-9)34-22-19(31)18(30)17(29)14(7-23)35-22/h3-6,14,17-19,22-26,29-31H,7H2,1-2H3/t14-,17-,18+,19-,22-/m1/s1. The summed E-state index contributed by atoms with van der Waals surface area (Å²) in [5.41, 5.74) is -0.778. The van der Waals surface area contributed by atoms with E-state index in [2.05, 4.69) is 0 Å². The van der Waals surface area contributed by atoms with Gasteiger partial charge in [0.25, 0.3) is 0 Å². The topological polar surface area (TPSA) is 213 Å². The highest BCUT2D eigenvalue weighted by Gasteiger charge is 2.45. The number of phenolic OH excluding ortho intramolecular Hbond substituents is 3. The number of benzene rings is 2. The van der Waals surface area contributed by atoms with Gasteiger partial charge in [-0.3, -0.25) is 9.59 Å². The van der Waals surface area contributed by atoms with E-state index in [0.717, 1.165) is 31.4 Å². The SMILES string of the molecule is COc1c(O)cc(C(=O)C(=O)c2cc(O)c(OC)c(O[C@@H]3O[C@H](CO)[C@@H](O)[C@H](O)[C@H]3O)c2)cc1O. The number of phenols is 3. The number of methoxy groups -OCH3 is 2. The van der Waals surface area contributed by atoms with Crippen LogP contribution in [-0.2, 0) is 4.74 Å². The third-order valence-corrected chi connectivity index (χ3v) is 5.32. The van der Waals surface area contributed by atoms with E-state index in [1.807, 2.05) is 0 Å². The van der Waals surface area contributed by atoms with E-state index in [-0.39, 0.29) is 22.8 Å². The molecular weight excluding hydrogens is 472 g/mol. The van der Waals surface area contributed by atoms with Crippen molar-refractivity contribution in [2.45, 2.75) is 30.7 Å². The van der Waals surface area contributed by atoms with Gasteiger partial charge in [-0.25, -0.2) is 0 Å². The minimum atomic E-state index is -1.80. The number of carbonyl (C=O) groups is 2. The Bertz CT molecular complexity index is 1090. The van der Waals surface area contributed by atoms with Crippen molar-refractivity contribution in [1.82, 2.24) is 0 Å². The lowest BCUT2D eigenvalue weighted by Gasteiger charge is -2.39. The van der Waals surface area contributed by atoms with Gasteiger partial charge in [0.15, 0.2) is 23.0 Å². The van der Waals surface area contributed by atoms with Crippen LogP contribution in [0.1, 0.15) is 20.7 Å². The number of aliphatic hydroxyl groups is 4. The highest BCUT2D eigenvalue weighted by molar-refractivity contribution is 6.49. The number of aliphatic hydroxyl groups excluding tert-OH is 4. The van der Waals surface area contributed by atoms with Crippen LogP contribution in [0.25, 0.3) is 0 Å². The van der Waals surface area contributed by atoms with Gasteiger partial charge in [-0.1, -0.05) is 0 Å². The number of aromatic hydroxyl groups is 3. The Balaban J connectivity index is 1.95. The van der Waals surface area contributed by atoms with Gasteiger partial charge < -0.3 is 54.7 Å². The van der Waals surface area contributed by atoms with Crippen molar-refractivity contribution in [3.05, 3.63) is 35.4 Å². The summed E-state index contributed by atoms with van der Waals surface area (Å²) in [6, 6.07) is 3.72. The molecule has 0 aliphatic carbocycles. The summed E-state index contributed by atoms with van der Waals surface area (Å²) in [6.45, 7) is -0.720. The van der Waals surface area contributed by atoms with E-state index in [0.29, 0.717) is 0 Å². The van der Waals surface area contributed by atoms with Crippen molar-refractivity contribution in [3.8, 4) is 34.5 Å². The average molecular weight is 496 g/mol. The average Bonchev–Trinajstić information content (AvgIpc) is 2.83. The van der Waals surface area contributed by atoms with Gasteiger partial charge in [0.1, 0.15) is 24.4 Å². The van der Waals surface area contributed by atoms with Crippen molar-refractivity contribution < 1.29 is 64.3 Å². The zero-order valence-corrected chi connectivity index (χ0v) is 18.5. The van der Waals surface area contributed by atoms with Crippen molar-refractivity contribution in [1.29, 1.82) is 0 Å². The zero-order valence-electron chi connectivity index (χ0n) is 18.5. The molecule has 1 heterocycles. The summed E-state index contributed by atoms with van der Waals surface area (Å²) in [5, 5.41) is 69.5. The first kappa shape index (κ1) is 26.0. The molecule has 0 amide bonds. The van der Waals surface area contributed by atoms with Crippen LogP contribution in [0.2, 0.25) is 0 Å². The Morgan fingerprint density at radius 2 is 1.29 bits per heavy atom. The molecule has 13 nitrogen and oxygen atoms in total. The molecule has 0 bridgehead atoms. The van der Waals surface area contributed by atoms with Crippen LogP contribution in [0.5, 0.6) is 34.5 Å². The van der Waals surface area contributed by atoms with Crippen LogP contribution in [0.4, 0.5) is 0 Å². The summed E-state index contributed by atoms with van der Waals surface area (Å²) in [7, 11) is 2.34. The summed E-state index contributed by atoms with van der Waals surface area (Å²) in [6.07, 6.45) is -8.17. The summed E-state index contributed by atoms with van der Waals surface area (Å²) < 4.78 is 20.5. The van der Waals surface area contributed by atoms with Gasteiger partial charge in [-0.05, 0) is 24.3 Å². The normalized spacial score (nSPS) is 24.0. The molecule has 190 valence electrons. The Kier molecular flexibility index (Phi) is 7.67. The fourth-order valence-electron chi connectivity index (χ4n) is 3.50. The predicted molar refractivity (Wildman–Crippen MR) is 114 cm³/mol. The molecule has 2 aromatic rings. The van der Waals surface area contributed by atoms with E-state index in [4.69, 9.17) is 18.9 Å². The smallest absolute Gasteiger partial charge is 0.233 e. The fourth-order valence-corrected chi connectivity index (χ4v) is 3.50. The quantitative estimate of drug-likeness (QED) is 0.174. The number of Topliss-reactive ketones (excluding diaryl/α,β-unsaturated/α-hetero) is 2. The lowest BCUT2D eigenvalue weighted by molar-refractivity contribution is -0.277. The molecular formula is C22H24O13. The van der Waals surface area contributed by atoms with E-state index in [1.165, 1.54) is 7.11 Å². The molecule has 0 aromatic heterocycles. The van der Waals surface area contributed by atoms with Crippen LogP contribution in [0.15, 0.2) is 24.3 Å². The number of ether oxygens (including phenoxy) is 4. The van der Waals surface area contributed by atoms with Crippen LogP contribution in [0.3, 0.4) is 0 Å². The zero-order chi connectivity index (χ0) is 26.0. The summed E-state index contributed by atoms with van der Waals surface area (Å²) >= 11 is 0. The molecule has 5 atom stereocenters. The minimum absolute atomic E-state index is 0.300. The monoisotopic (exact) mass is 496 g/mol. The van der Waals surface area contributed by atoms with Gasteiger partial charge in [0, 0.05) is 11.1 Å². The van der Waals surface area contributed by atoms with Crippen molar-refractivity contribution in [2.75, 3.05) is 20.8 Å². The Hall–Kier alpha value is -3.62. The molecule has 1 aliphatic heterocycles. The van der Waals surface area contributed by atoms with Crippen molar-refractivity contribution in [3.63, 3.8) is 0 Å². The van der Waals surface area contributed by atoms with Gasteiger partial charge >= 0.3 is 0 Å². The molecule has 0 unspecified atom stereocenters. The maximum absolute atomic E-state index is 12.8. The van der Waals surface area contributed by atoms with E-state index < -0.39 is 71.7 Å². The first-order valence-electron chi connectivity index (χ1n) is 10.1. The maximum Gasteiger partial charge on any atom is 0.233 e. The summed E-state index contributed by atoms with van der Waals surface area (Å²) in [4.78, 5) is 25.5. The predicted octanol–water partition coefficient (Wildman–Crippen LogP) is -0.935. The van der Waals surface area contributed by atoms with E-state index in [1.54, 1.807) is 0 Å². The maximum atomic E-state index is 12.8. The second-order valence-electron chi connectivity index (χ2n) is 7.55. The van der Waals surface area contributed by atoms with Gasteiger partial charge in [-0.2, -0.15) is 0 Å². The third kappa shape index (κ3) is 4.94. The second kappa shape index (κ2) is 10.3. The molecule has 3 rings (SSSR count). The molecule has 0 radical (unpaired) electrons. The van der Waals surface area contributed by atoms with E-state index in [9.17, 15) is 45.3 Å². The Morgan fingerprint density at radius 3 is 1.77 bits per heavy atom. The first-order valence-corrected chi connectivity index (χ1v) is 10.1. The largest absolute Gasteiger partial charge is 0.504 e. The van der Waals surface area contributed by atoms with Crippen molar-refractivity contribution in [2.24, 2.45) is 0 Å². The molecule has 1 aliphatic rings. The van der Waals surface area contributed by atoms with Gasteiger partial charge in [0.2, 0.25) is 29.4 Å². The molecule has 2 aromatic carbocycles. The lowest BCUT2D eigenvalue weighted by Crippen LogP contribution is -2.60. The Morgan fingerprint density at radius 1 is 0.800 bits per heavy atom. The van der Waals surface area contributed by atoms with Crippen LogP contribution >= 0.6 is 0 Å². The summed E-state index contributed by atoms with van der Waals surface area (Å²) in [5.74, 6) is -5.15. The number of hydrogen-bond acceptors (Lipinski definition) is 13. The number of hydrogen-bond donors (Lipinski definition) is 7. The Labute approximate surface area is 197 Å². The van der Waals surface area contributed by atoms with E-state index >= 15 is 0 Å². The first-order chi connectivity index (χ1) is 16.5. The molecule has 1 saturated heterocycles. The van der Waals surface area contributed by atoms with Crippen molar-refractivity contribution >= 4 is 11.6 Å². The number of carbonyl (C=O) groups excluding carboxylic acids is 2. The number of rotatable bonds is 8.